The zero-order valence-electron chi connectivity index (χ0n) is 10.4. The van der Waals surface area contributed by atoms with Gasteiger partial charge in [-0.05, 0) is 31.2 Å². The van der Waals surface area contributed by atoms with E-state index in [9.17, 15) is 4.79 Å². The first-order chi connectivity index (χ1) is 8.69. The van der Waals surface area contributed by atoms with Crippen molar-refractivity contribution in [2.24, 2.45) is 0 Å². The minimum atomic E-state index is -0.0834. The number of nitrogens with one attached hydrogen (secondary N) is 2. The highest BCUT2D eigenvalue weighted by Gasteiger charge is 2.06. The summed E-state index contributed by atoms with van der Waals surface area (Å²) in [6.45, 7) is 2.62. The van der Waals surface area contributed by atoms with Crippen LogP contribution in [0.15, 0.2) is 30.5 Å². The normalized spacial score (nSPS) is 10.1. The molecule has 2 N–H and O–H groups in total. The maximum absolute atomic E-state index is 11.9. The number of rotatable bonds is 4. The molecule has 18 heavy (non-hydrogen) atoms. The largest absolute Gasteiger partial charge is 0.373 e. The number of carbonyl (C=O) groups excluding carboxylic acids is 1. The quantitative estimate of drug-likeness (QED) is 0.888. The number of carbonyl (C=O) groups is 1. The number of amides is 1. The first-order valence-electron chi connectivity index (χ1n) is 5.66. The standard InChI is InChI=1S/C13H15N3OS/c1-9-3-4-11(18-9)8-16-13(17)10-5-6-15-12(7-10)14-2/h3-7H,8H2,1-2H3,(H,14,15)(H,16,17). The molecule has 94 valence electrons. The second kappa shape index (κ2) is 5.64. The fourth-order valence-corrected chi connectivity index (χ4v) is 2.39. The third-order valence-electron chi connectivity index (χ3n) is 2.50. The maximum Gasteiger partial charge on any atom is 0.251 e. The van der Waals surface area contributed by atoms with Gasteiger partial charge in [0.2, 0.25) is 0 Å². The van der Waals surface area contributed by atoms with E-state index in [1.165, 1.54) is 4.88 Å². The molecular formula is C13H15N3OS. The average molecular weight is 261 g/mol. The van der Waals surface area contributed by atoms with Gasteiger partial charge in [-0.1, -0.05) is 0 Å². The van der Waals surface area contributed by atoms with Gasteiger partial charge in [0.05, 0.1) is 6.54 Å². The lowest BCUT2D eigenvalue weighted by atomic mass is 10.2. The highest BCUT2D eigenvalue weighted by Crippen LogP contribution is 2.14. The van der Waals surface area contributed by atoms with Crippen LogP contribution in [0.5, 0.6) is 0 Å². The molecule has 0 atom stereocenters. The molecule has 4 nitrogen and oxygen atoms in total. The van der Waals surface area contributed by atoms with Crippen LogP contribution < -0.4 is 10.6 Å². The predicted octanol–water partition coefficient (Wildman–Crippen LogP) is 2.42. The third kappa shape index (κ3) is 3.07. The number of thiophene rings is 1. The van der Waals surface area contributed by atoms with E-state index in [2.05, 4.69) is 28.6 Å². The lowest BCUT2D eigenvalue weighted by molar-refractivity contribution is 0.0951. The first kappa shape index (κ1) is 12.6. The first-order valence-corrected chi connectivity index (χ1v) is 6.48. The van der Waals surface area contributed by atoms with E-state index < -0.39 is 0 Å². The van der Waals surface area contributed by atoms with Gasteiger partial charge in [0.25, 0.3) is 5.91 Å². The number of hydrogen-bond donors (Lipinski definition) is 2. The van der Waals surface area contributed by atoms with Crippen LogP contribution in [-0.4, -0.2) is 17.9 Å². The second-order valence-electron chi connectivity index (χ2n) is 3.87. The summed E-state index contributed by atoms with van der Waals surface area (Å²) in [5, 5.41) is 5.81. The smallest absolute Gasteiger partial charge is 0.251 e. The van der Waals surface area contributed by atoms with Crippen molar-refractivity contribution in [3.63, 3.8) is 0 Å². The number of aryl methyl sites for hydroxylation is 1. The molecule has 2 rings (SSSR count). The summed E-state index contributed by atoms with van der Waals surface area (Å²) in [5.41, 5.74) is 0.614. The Balaban J connectivity index is 1.99. The van der Waals surface area contributed by atoms with Crippen LogP contribution in [0.4, 0.5) is 5.82 Å². The summed E-state index contributed by atoms with van der Waals surface area (Å²) < 4.78 is 0. The Morgan fingerprint density at radius 1 is 1.39 bits per heavy atom. The van der Waals surface area contributed by atoms with Gasteiger partial charge in [0, 0.05) is 28.6 Å². The Bertz CT molecular complexity index is 551. The van der Waals surface area contributed by atoms with Gasteiger partial charge in [-0.2, -0.15) is 0 Å². The van der Waals surface area contributed by atoms with E-state index in [-0.39, 0.29) is 5.91 Å². The number of pyridine rings is 1. The molecule has 0 aliphatic carbocycles. The Labute approximate surface area is 110 Å². The van der Waals surface area contributed by atoms with Crippen LogP contribution in [-0.2, 0) is 6.54 Å². The van der Waals surface area contributed by atoms with E-state index in [0.29, 0.717) is 17.9 Å². The molecule has 0 unspecified atom stereocenters. The zero-order valence-corrected chi connectivity index (χ0v) is 11.2. The van der Waals surface area contributed by atoms with Crippen molar-refractivity contribution in [2.45, 2.75) is 13.5 Å². The fourth-order valence-electron chi connectivity index (χ4n) is 1.56. The summed E-state index contributed by atoms with van der Waals surface area (Å²) in [6, 6.07) is 7.52. The monoisotopic (exact) mass is 261 g/mol. The SMILES string of the molecule is CNc1cc(C(=O)NCc2ccc(C)s2)ccn1. The molecule has 2 heterocycles. The molecule has 2 aromatic heterocycles. The molecule has 0 aliphatic heterocycles. The van der Waals surface area contributed by atoms with Gasteiger partial charge in [-0.25, -0.2) is 4.98 Å². The molecule has 0 bridgehead atoms. The molecule has 0 aromatic carbocycles. The number of hydrogen-bond acceptors (Lipinski definition) is 4. The molecule has 0 saturated heterocycles. The third-order valence-corrected chi connectivity index (χ3v) is 3.50. The highest BCUT2D eigenvalue weighted by molar-refractivity contribution is 7.11. The van der Waals surface area contributed by atoms with Crippen molar-refractivity contribution < 1.29 is 4.79 Å². The maximum atomic E-state index is 11.9. The minimum Gasteiger partial charge on any atom is -0.373 e. The Hall–Kier alpha value is -1.88. The van der Waals surface area contributed by atoms with E-state index in [4.69, 9.17) is 0 Å². The molecule has 0 radical (unpaired) electrons. The van der Waals surface area contributed by atoms with Gasteiger partial charge < -0.3 is 10.6 Å². The van der Waals surface area contributed by atoms with Gasteiger partial charge in [-0.15, -0.1) is 11.3 Å². The molecule has 0 aliphatic rings. The van der Waals surface area contributed by atoms with Crippen LogP contribution in [0, 0.1) is 6.92 Å². The average Bonchev–Trinajstić information content (AvgIpc) is 2.82. The van der Waals surface area contributed by atoms with Gasteiger partial charge >= 0.3 is 0 Å². The second-order valence-corrected chi connectivity index (χ2v) is 5.25. The van der Waals surface area contributed by atoms with Crippen LogP contribution in [0.3, 0.4) is 0 Å². The van der Waals surface area contributed by atoms with Crippen molar-refractivity contribution >= 4 is 23.1 Å². The van der Waals surface area contributed by atoms with E-state index >= 15 is 0 Å². The summed E-state index contributed by atoms with van der Waals surface area (Å²) in [4.78, 5) is 18.4. The Morgan fingerprint density at radius 3 is 2.89 bits per heavy atom. The van der Waals surface area contributed by atoms with E-state index in [1.54, 1.807) is 36.7 Å². The van der Waals surface area contributed by atoms with E-state index in [1.807, 2.05) is 6.07 Å². The summed E-state index contributed by atoms with van der Waals surface area (Å²) in [7, 11) is 1.78. The van der Waals surface area contributed by atoms with Crippen LogP contribution >= 0.6 is 11.3 Å². The Morgan fingerprint density at radius 2 is 2.22 bits per heavy atom. The van der Waals surface area contributed by atoms with Crippen LogP contribution in [0.1, 0.15) is 20.1 Å². The number of nitrogens with zero attached hydrogens (tertiary/aromatic N) is 1. The molecule has 5 heteroatoms. The van der Waals surface area contributed by atoms with Gasteiger partial charge in [-0.3, -0.25) is 4.79 Å². The summed E-state index contributed by atoms with van der Waals surface area (Å²) in [5.74, 6) is 0.606. The molecular weight excluding hydrogens is 246 g/mol. The lowest BCUT2D eigenvalue weighted by Gasteiger charge is -2.05. The summed E-state index contributed by atoms with van der Waals surface area (Å²) >= 11 is 1.69. The van der Waals surface area contributed by atoms with Crippen molar-refractivity contribution in [2.75, 3.05) is 12.4 Å². The lowest BCUT2D eigenvalue weighted by Crippen LogP contribution is -2.22. The fraction of sp³-hybridized carbons (Fsp3) is 0.231. The highest BCUT2D eigenvalue weighted by atomic mass is 32.1. The molecule has 0 spiro atoms. The van der Waals surface area contributed by atoms with Gasteiger partial charge in [0.15, 0.2) is 0 Å². The zero-order chi connectivity index (χ0) is 13.0. The minimum absolute atomic E-state index is 0.0834. The molecule has 0 fully saturated rings. The molecule has 2 aromatic rings. The number of anilines is 1. The van der Waals surface area contributed by atoms with Crippen LogP contribution in [0.25, 0.3) is 0 Å². The molecule has 0 saturated carbocycles. The van der Waals surface area contributed by atoms with Crippen molar-refractivity contribution in [1.29, 1.82) is 0 Å². The summed E-state index contributed by atoms with van der Waals surface area (Å²) in [6.07, 6.45) is 1.62. The van der Waals surface area contributed by atoms with Crippen molar-refractivity contribution in [3.05, 3.63) is 45.8 Å². The van der Waals surface area contributed by atoms with Crippen LogP contribution in [0.2, 0.25) is 0 Å². The number of aromatic nitrogens is 1. The Kier molecular flexibility index (Phi) is 3.94. The molecule has 1 amide bonds. The van der Waals surface area contributed by atoms with E-state index in [0.717, 1.165) is 4.88 Å². The van der Waals surface area contributed by atoms with Crippen molar-refractivity contribution in [1.82, 2.24) is 10.3 Å². The topological polar surface area (TPSA) is 54.0 Å². The van der Waals surface area contributed by atoms with Crippen molar-refractivity contribution in [3.8, 4) is 0 Å². The van der Waals surface area contributed by atoms with Gasteiger partial charge in [0.1, 0.15) is 5.82 Å². The predicted molar refractivity (Wildman–Crippen MR) is 74.0 cm³/mol.